The molecule has 0 saturated carbocycles. The molecule has 1 aromatic rings. The summed E-state index contributed by atoms with van der Waals surface area (Å²) in [5.74, 6) is 0.0504. The minimum Gasteiger partial charge on any atom is -0.507 e. The summed E-state index contributed by atoms with van der Waals surface area (Å²) < 4.78 is 13.7. The first-order valence-corrected chi connectivity index (χ1v) is 7.45. The van der Waals surface area contributed by atoms with Gasteiger partial charge in [-0.25, -0.2) is 4.39 Å². The first-order chi connectivity index (χ1) is 9.70. The maximum Gasteiger partial charge on any atom is 0.163 e. The highest BCUT2D eigenvalue weighted by atomic mass is 19.1. The van der Waals surface area contributed by atoms with E-state index in [0.29, 0.717) is 23.9 Å². The molecule has 118 valence electrons. The molecule has 0 aliphatic rings. The van der Waals surface area contributed by atoms with Crippen LogP contribution in [0, 0.1) is 17.7 Å². The molecule has 3 nitrogen and oxygen atoms in total. The van der Waals surface area contributed by atoms with Gasteiger partial charge >= 0.3 is 0 Å². The normalized spacial score (nSPS) is 11.7. The van der Waals surface area contributed by atoms with E-state index in [1.165, 1.54) is 13.0 Å². The number of phenolic OH excluding ortho intramolecular Hbond substituents is 1. The van der Waals surface area contributed by atoms with Gasteiger partial charge in [0.05, 0.1) is 5.56 Å². The van der Waals surface area contributed by atoms with Crippen LogP contribution in [0.4, 0.5) is 4.39 Å². The van der Waals surface area contributed by atoms with Crippen LogP contribution >= 0.6 is 0 Å². The summed E-state index contributed by atoms with van der Waals surface area (Å²) in [5, 5.41) is 10.2. The third kappa shape index (κ3) is 5.46. The highest BCUT2D eigenvalue weighted by molar-refractivity contribution is 5.97. The van der Waals surface area contributed by atoms with Crippen molar-refractivity contribution in [3.05, 3.63) is 29.1 Å². The Balaban J connectivity index is 3.05. The SMILES string of the molecule is CC(=O)c1cc(F)cc(CN(CC(C)C)CC(C)C)c1O. The van der Waals surface area contributed by atoms with Gasteiger partial charge in [-0.1, -0.05) is 27.7 Å². The first-order valence-electron chi connectivity index (χ1n) is 7.45. The Morgan fingerprint density at radius 3 is 2.14 bits per heavy atom. The zero-order valence-electron chi connectivity index (χ0n) is 13.6. The molecule has 1 aromatic carbocycles. The number of rotatable bonds is 7. The standard InChI is InChI=1S/C17H26FNO2/c1-11(2)8-19(9-12(3)4)10-14-6-15(18)7-16(13(5)20)17(14)21/h6-7,11-12,21H,8-10H2,1-5H3. The van der Waals surface area contributed by atoms with Crippen LogP contribution < -0.4 is 0 Å². The van der Waals surface area contributed by atoms with E-state index in [0.717, 1.165) is 19.2 Å². The van der Waals surface area contributed by atoms with Crippen molar-refractivity contribution in [3.63, 3.8) is 0 Å². The lowest BCUT2D eigenvalue weighted by molar-refractivity contribution is 0.101. The monoisotopic (exact) mass is 295 g/mol. The van der Waals surface area contributed by atoms with Gasteiger partial charge in [-0.2, -0.15) is 0 Å². The fourth-order valence-electron chi connectivity index (χ4n) is 2.52. The maximum atomic E-state index is 13.7. The van der Waals surface area contributed by atoms with E-state index >= 15 is 0 Å². The molecule has 4 heteroatoms. The van der Waals surface area contributed by atoms with Crippen molar-refractivity contribution in [3.8, 4) is 5.75 Å². The molecule has 21 heavy (non-hydrogen) atoms. The molecule has 0 bridgehead atoms. The topological polar surface area (TPSA) is 40.5 Å². The largest absolute Gasteiger partial charge is 0.507 e. The Morgan fingerprint density at radius 1 is 1.19 bits per heavy atom. The molecule has 0 heterocycles. The van der Waals surface area contributed by atoms with Crippen molar-refractivity contribution in [2.45, 2.75) is 41.2 Å². The Bertz CT molecular complexity index is 488. The second kappa shape index (κ2) is 7.55. The molecule has 0 aromatic heterocycles. The van der Waals surface area contributed by atoms with E-state index in [-0.39, 0.29) is 17.1 Å². The summed E-state index contributed by atoms with van der Waals surface area (Å²) >= 11 is 0. The number of aromatic hydroxyl groups is 1. The molecule has 0 radical (unpaired) electrons. The molecule has 0 unspecified atom stereocenters. The van der Waals surface area contributed by atoms with Gasteiger partial charge in [0.1, 0.15) is 11.6 Å². The van der Waals surface area contributed by atoms with Crippen LogP contribution in [0.25, 0.3) is 0 Å². The number of ketones is 1. The average Bonchev–Trinajstić information content (AvgIpc) is 2.31. The fourth-order valence-corrected chi connectivity index (χ4v) is 2.52. The summed E-state index contributed by atoms with van der Waals surface area (Å²) in [4.78, 5) is 13.7. The van der Waals surface area contributed by atoms with E-state index in [2.05, 4.69) is 32.6 Å². The Kier molecular flexibility index (Phi) is 6.34. The zero-order valence-corrected chi connectivity index (χ0v) is 13.6. The molecular weight excluding hydrogens is 269 g/mol. The minimum atomic E-state index is -0.484. The maximum absolute atomic E-state index is 13.7. The first kappa shape index (κ1) is 17.6. The molecule has 0 fully saturated rings. The predicted molar refractivity (Wildman–Crippen MR) is 83.0 cm³/mol. The average molecular weight is 295 g/mol. The summed E-state index contributed by atoms with van der Waals surface area (Å²) in [6, 6.07) is 2.41. The van der Waals surface area contributed by atoms with Crippen molar-refractivity contribution in [2.75, 3.05) is 13.1 Å². The van der Waals surface area contributed by atoms with Gasteiger partial charge in [-0.15, -0.1) is 0 Å². The van der Waals surface area contributed by atoms with Crippen LogP contribution in [0.5, 0.6) is 5.75 Å². The Morgan fingerprint density at radius 2 is 1.71 bits per heavy atom. The smallest absolute Gasteiger partial charge is 0.163 e. The number of hydrogen-bond donors (Lipinski definition) is 1. The van der Waals surface area contributed by atoms with Gasteiger partial charge in [0.25, 0.3) is 0 Å². The third-order valence-electron chi connectivity index (χ3n) is 3.17. The van der Waals surface area contributed by atoms with Gasteiger partial charge in [0.15, 0.2) is 5.78 Å². The highest BCUT2D eigenvalue weighted by Gasteiger charge is 2.17. The van der Waals surface area contributed by atoms with Crippen LogP contribution in [0.3, 0.4) is 0 Å². The van der Waals surface area contributed by atoms with Crippen LogP contribution in [0.2, 0.25) is 0 Å². The minimum absolute atomic E-state index is 0.0547. The van der Waals surface area contributed by atoms with E-state index in [4.69, 9.17) is 0 Å². The Labute approximate surface area is 126 Å². The number of halogens is 1. The molecule has 0 saturated heterocycles. The van der Waals surface area contributed by atoms with E-state index in [9.17, 15) is 14.3 Å². The number of nitrogens with zero attached hydrogens (tertiary/aromatic N) is 1. The molecular formula is C17H26FNO2. The van der Waals surface area contributed by atoms with Crippen molar-refractivity contribution in [1.82, 2.24) is 4.90 Å². The lowest BCUT2D eigenvalue weighted by Gasteiger charge is -2.26. The predicted octanol–water partition coefficient (Wildman–Crippen LogP) is 3.85. The Hall–Kier alpha value is -1.42. The molecule has 1 N–H and O–H groups in total. The van der Waals surface area contributed by atoms with Gasteiger partial charge in [-0.05, 0) is 30.9 Å². The third-order valence-corrected chi connectivity index (χ3v) is 3.17. The van der Waals surface area contributed by atoms with Gasteiger partial charge in [0.2, 0.25) is 0 Å². The van der Waals surface area contributed by atoms with Crippen LogP contribution in [0.1, 0.15) is 50.5 Å². The lowest BCUT2D eigenvalue weighted by atomic mass is 10.0. The molecule has 0 aliphatic carbocycles. The lowest BCUT2D eigenvalue weighted by Crippen LogP contribution is -2.31. The van der Waals surface area contributed by atoms with Crippen LogP contribution in [0.15, 0.2) is 12.1 Å². The molecule has 0 amide bonds. The van der Waals surface area contributed by atoms with Gasteiger partial charge in [0, 0.05) is 25.2 Å². The van der Waals surface area contributed by atoms with E-state index in [1.54, 1.807) is 0 Å². The van der Waals surface area contributed by atoms with Crippen LogP contribution in [-0.4, -0.2) is 28.9 Å². The van der Waals surface area contributed by atoms with Gasteiger partial charge < -0.3 is 5.11 Å². The molecule has 0 aliphatic heterocycles. The fraction of sp³-hybridized carbons (Fsp3) is 0.588. The van der Waals surface area contributed by atoms with Crippen molar-refractivity contribution in [2.24, 2.45) is 11.8 Å². The zero-order chi connectivity index (χ0) is 16.2. The number of carbonyl (C=O) groups excluding carboxylic acids is 1. The summed E-state index contributed by atoms with van der Waals surface area (Å²) in [7, 11) is 0. The number of hydrogen-bond acceptors (Lipinski definition) is 3. The summed E-state index contributed by atoms with van der Waals surface area (Å²) in [6.45, 7) is 12.0. The van der Waals surface area contributed by atoms with E-state index < -0.39 is 5.82 Å². The number of carbonyl (C=O) groups is 1. The summed E-state index contributed by atoms with van der Waals surface area (Å²) in [5.41, 5.74) is 0.528. The second-order valence-electron chi connectivity index (χ2n) is 6.50. The van der Waals surface area contributed by atoms with Crippen molar-refractivity contribution in [1.29, 1.82) is 0 Å². The van der Waals surface area contributed by atoms with Crippen molar-refractivity contribution < 1.29 is 14.3 Å². The highest BCUT2D eigenvalue weighted by Crippen LogP contribution is 2.26. The number of benzene rings is 1. The quantitative estimate of drug-likeness (QED) is 0.777. The van der Waals surface area contributed by atoms with E-state index in [1.807, 2.05) is 0 Å². The second-order valence-corrected chi connectivity index (χ2v) is 6.50. The number of Topliss-reactive ketones (excluding diaryl/α,β-unsaturated/α-hetero) is 1. The van der Waals surface area contributed by atoms with Crippen molar-refractivity contribution >= 4 is 5.78 Å². The van der Waals surface area contributed by atoms with Gasteiger partial charge in [-0.3, -0.25) is 9.69 Å². The molecule has 0 spiro atoms. The molecule has 0 atom stereocenters. The number of phenols is 1. The summed E-state index contributed by atoms with van der Waals surface area (Å²) in [6.07, 6.45) is 0. The molecule has 1 rings (SSSR count). The van der Waals surface area contributed by atoms with Crippen LogP contribution in [-0.2, 0) is 6.54 Å².